The van der Waals surface area contributed by atoms with Crippen molar-refractivity contribution >= 4 is 17.4 Å². The lowest BCUT2D eigenvalue weighted by Gasteiger charge is -2.38. The molecule has 0 aromatic carbocycles. The van der Waals surface area contributed by atoms with Crippen LogP contribution >= 0.6 is 0 Å². The molecule has 1 unspecified atom stereocenters. The fraction of sp³-hybridized carbons (Fsp3) is 0.583. The number of hydrogen-bond donors (Lipinski definition) is 2. The van der Waals surface area contributed by atoms with Gasteiger partial charge in [0.1, 0.15) is 5.82 Å². The molecule has 168 valence electrons. The van der Waals surface area contributed by atoms with Gasteiger partial charge in [0.05, 0.1) is 24.3 Å². The number of aliphatic hydroxyl groups is 1. The monoisotopic (exact) mass is 426 g/mol. The number of aliphatic hydroxyl groups excluding tert-OH is 1. The van der Waals surface area contributed by atoms with E-state index >= 15 is 0 Å². The van der Waals surface area contributed by atoms with Crippen molar-refractivity contribution in [1.29, 1.82) is 0 Å². The number of likely N-dealkylation sites (tertiary alicyclic amines) is 1. The topological polar surface area (TPSA) is 95.8 Å². The Morgan fingerprint density at radius 1 is 1.19 bits per heavy atom. The van der Waals surface area contributed by atoms with Gasteiger partial charge in [-0.1, -0.05) is 19.3 Å². The molecule has 31 heavy (non-hydrogen) atoms. The number of hydrogen-bond acceptors (Lipinski definition) is 6. The van der Waals surface area contributed by atoms with E-state index in [0.717, 1.165) is 38.9 Å². The molecule has 7 heteroatoms. The average molecular weight is 427 g/mol. The molecule has 1 amide bonds. The molecule has 0 spiro atoms. The summed E-state index contributed by atoms with van der Waals surface area (Å²) in [6, 6.07) is 7.03. The minimum atomic E-state index is -0.186. The lowest BCUT2D eigenvalue weighted by Crippen LogP contribution is -2.48. The zero-order valence-electron chi connectivity index (χ0n) is 18.2. The highest BCUT2D eigenvalue weighted by molar-refractivity contribution is 6.04. The van der Waals surface area contributed by atoms with E-state index in [1.165, 1.54) is 38.4 Å². The summed E-state index contributed by atoms with van der Waals surface area (Å²) < 4.78 is 5.37. The average Bonchev–Trinajstić information content (AvgIpc) is 3.35. The molecule has 2 aliphatic rings. The molecule has 2 fully saturated rings. The van der Waals surface area contributed by atoms with Gasteiger partial charge >= 0.3 is 0 Å². The Labute approximate surface area is 184 Å². The van der Waals surface area contributed by atoms with E-state index in [9.17, 15) is 9.90 Å². The fourth-order valence-electron chi connectivity index (χ4n) is 4.99. The maximum atomic E-state index is 13.2. The Balaban J connectivity index is 1.36. The van der Waals surface area contributed by atoms with Crippen LogP contribution in [0.25, 0.3) is 0 Å². The number of nitrogens with two attached hydrogens (primary N) is 1. The normalized spacial score (nSPS) is 19.9. The number of nitrogens with zero attached hydrogens (tertiary/aromatic N) is 3. The first-order valence-electron chi connectivity index (χ1n) is 11.6. The number of amides is 1. The Morgan fingerprint density at radius 3 is 2.61 bits per heavy atom. The van der Waals surface area contributed by atoms with Crippen LogP contribution < -0.4 is 10.6 Å². The van der Waals surface area contributed by atoms with E-state index in [-0.39, 0.29) is 18.1 Å². The molecule has 1 saturated carbocycles. The summed E-state index contributed by atoms with van der Waals surface area (Å²) in [6.07, 6.45) is 11.6. The summed E-state index contributed by atoms with van der Waals surface area (Å²) in [6.45, 7) is 2.72. The predicted octanol–water partition coefficient (Wildman–Crippen LogP) is 3.70. The van der Waals surface area contributed by atoms with Crippen LogP contribution in [0.15, 0.2) is 41.1 Å². The second-order valence-corrected chi connectivity index (χ2v) is 8.93. The van der Waals surface area contributed by atoms with Crippen molar-refractivity contribution in [3.05, 3.63) is 42.5 Å². The molecular weight excluding hydrogens is 392 g/mol. The maximum Gasteiger partial charge on any atom is 0.295 e. The quantitative estimate of drug-likeness (QED) is 0.701. The fourth-order valence-corrected chi connectivity index (χ4v) is 4.99. The Hall–Kier alpha value is -2.38. The van der Waals surface area contributed by atoms with Crippen molar-refractivity contribution in [3.8, 4) is 0 Å². The first-order valence-corrected chi connectivity index (χ1v) is 11.6. The molecule has 1 saturated heterocycles. The maximum absolute atomic E-state index is 13.2. The molecule has 7 nitrogen and oxygen atoms in total. The zero-order valence-corrected chi connectivity index (χ0v) is 18.2. The SMILES string of the molecule is Nc1ccc(N(C(=O)c2ccco2)C2CCN(CCC(O)C3CCCCC3)CC2)nc1. The van der Waals surface area contributed by atoms with Crippen LogP contribution in [-0.2, 0) is 0 Å². The van der Waals surface area contributed by atoms with Crippen molar-refractivity contribution in [1.82, 2.24) is 9.88 Å². The summed E-state index contributed by atoms with van der Waals surface area (Å²) in [4.78, 5) is 21.8. The van der Waals surface area contributed by atoms with E-state index in [2.05, 4.69) is 9.88 Å². The van der Waals surface area contributed by atoms with Crippen LogP contribution in [0.2, 0.25) is 0 Å². The van der Waals surface area contributed by atoms with Crippen LogP contribution in [0.5, 0.6) is 0 Å². The second-order valence-electron chi connectivity index (χ2n) is 8.93. The molecule has 0 bridgehead atoms. The lowest BCUT2D eigenvalue weighted by atomic mass is 9.84. The number of anilines is 2. The minimum absolute atomic E-state index is 0.0493. The molecule has 2 aromatic heterocycles. The van der Waals surface area contributed by atoms with Gasteiger partial charge < -0.3 is 20.2 Å². The van der Waals surface area contributed by atoms with E-state index in [1.54, 1.807) is 35.4 Å². The molecular formula is C24H34N4O3. The van der Waals surface area contributed by atoms with Gasteiger partial charge in [0.2, 0.25) is 0 Å². The highest BCUT2D eigenvalue weighted by Crippen LogP contribution is 2.29. The number of piperidine rings is 1. The number of nitrogen functional groups attached to an aromatic ring is 1. The number of rotatable bonds is 7. The van der Waals surface area contributed by atoms with E-state index in [4.69, 9.17) is 10.2 Å². The van der Waals surface area contributed by atoms with Crippen LogP contribution in [0.1, 0.15) is 61.9 Å². The Kier molecular flexibility index (Phi) is 7.25. The Bertz CT molecular complexity index is 810. The number of carbonyl (C=O) groups excluding carboxylic acids is 1. The van der Waals surface area contributed by atoms with Crippen molar-refractivity contribution in [2.75, 3.05) is 30.3 Å². The molecule has 3 N–H and O–H groups in total. The van der Waals surface area contributed by atoms with E-state index in [0.29, 0.717) is 23.2 Å². The van der Waals surface area contributed by atoms with Gasteiger partial charge in [-0.05, 0) is 62.3 Å². The van der Waals surface area contributed by atoms with E-state index in [1.807, 2.05) is 0 Å². The number of aromatic nitrogens is 1. The van der Waals surface area contributed by atoms with Crippen molar-refractivity contribution in [2.24, 2.45) is 5.92 Å². The number of pyridine rings is 1. The van der Waals surface area contributed by atoms with Gasteiger partial charge in [-0.15, -0.1) is 0 Å². The second kappa shape index (κ2) is 10.3. The highest BCUT2D eigenvalue weighted by Gasteiger charge is 2.32. The third-order valence-corrected chi connectivity index (χ3v) is 6.83. The van der Waals surface area contributed by atoms with Gasteiger partial charge in [0.25, 0.3) is 5.91 Å². The zero-order chi connectivity index (χ0) is 21.6. The van der Waals surface area contributed by atoms with Gasteiger partial charge in [-0.3, -0.25) is 9.69 Å². The Morgan fingerprint density at radius 2 is 1.97 bits per heavy atom. The summed E-state index contributed by atoms with van der Waals surface area (Å²) in [5, 5.41) is 10.6. The molecule has 1 aliphatic heterocycles. The largest absolute Gasteiger partial charge is 0.459 e. The first-order chi connectivity index (χ1) is 15.1. The molecule has 1 aliphatic carbocycles. The minimum Gasteiger partial charge on any atom is -0.459 e. The van der Waals surface area contributed by atoms with E-state index < -0.39 is 0 Å². The smallest absolute Gasteiger partial charge is 0.295 e. The highest BCUT2D eigenvalue weighted by atomic mass is 16.3. The van der Waals surface area contributed by atoms with Gasteiger partial charge in [0, 0.05) is 25.7 Å². The molecule has 1 atom stereocenters. The van der Waals surface area contributed by atoms with Gasteiger partial charge in [0.15, 0.2) is 5.76 Å². The van der Waals surface area contributed by atoms with Gasteiger partial charge in [-0.2, -0.15) is 0 Å². The third kappa shape index (κ3) is 5.46. The standard InChI is InChI=1S/C24H34N4O3/c25-19-8-9-23(26-17-19)28(24(30)22-7-4-16-31-22)20-10-13-27(14-11-20)15-12-21(29)18-5-2-1-3-6-18/h4,7-9,16-18,20-21,29H,1-3,5-6,10-15,25H2. The number of furan rings is 1. The van der Waals surface area contributed by atoms with Crippen LogP contribution in [0.3, 0.4) is 0 Å². The van der Waals surface area contributed by atoms with Crippen molar-refractivity contribution < 1.29 is 14.3 Å². The third-order valence-electron chi connectivity index (χ3n) is 6.83. The first kappa shape index (κ1) is 21.8. The molecule has 0 radical (unpaired) electrons. The lowest BCUT2D eigenvalue weighted by molar-refractivity contribution is 0.0623. The molecule has 2 aromatic rings. The van der Waals surface area contributed by atoms with Gasteiger partial charge in [-0.25, -0.2) is 4.98 Å². The summed E-state index contributed by atoms with van der Waals surface area (Å²) in [7, 11) is 0. The van der Waals surface area contributed by atoms with Crippen LogP contribution in [0, 0.1) is 5.92 Å². The van der Waals surface area contributed by atoms with Crippen LogP contribution in [-0.4, -0.2) is 52.7 Å². The summed E-state index contributed by atoms with van der Waals surface area (Å²) >= 11 is 0. The number of carbonyl (C=O) groups is 1. The molecule has 4 rings (SSSR count). The van der Waals surface area contributed by atoms with Crippen molar-refractivity contribution in [3.63, 3.8) is 0 Å². The van der Waals surface area contributed by atoms with Crippen LogP contribution in [0.4, 0.5) is 11.5 Å². The molecule has 3 heterocycles. The summed E-state index contributed by atoms with van der Waals surface area (Å²) in [5.41, 5.74) is 6.36. The summed E-state index contributed by atoms with van der Waals surface area (Å²) in [5.74, 6) is 1.22. The predicted molar refractivity (Wildman–Crippen MR) is 121 cm³/mol. The van der Waals surface area contributed by atoms with Crippen molar-refractivity contribution in [2.45, 2.75) is 63.5 Å².